The molecule has 3 aromatic rings. The van der Waals surface area contributed by atoms with Gasteiger partial charge in [-0.1, -0.05) is 17.4 Å². The van der Waals surface area contributed by atoms with Gasteiger partial charge in [-0.3, -0.25) is 9.69 Å². The number of carbonyl (C=O) groups excluding carboxylic acids is 1. The van der Waals surface area contributed by atoms with E-state index in [0.717, 1.165) is 17.8 Å². The van der Waals surface area contributed by atoms with Gasteiger partial charge in [0, 0.05) is 38.5 Å². The third-order valence-electron chi connectivity index (χ3n) is 4.42. The first-order valence-electron chi connectivity index (χ1n) is 8.50. The van der Waals surface area contributed by atoms with E-state index in [0.29, 0.717) is 29.5 Å². The number of hydrogen-bond acceptors (Lipinski definition) is 8. The van der Waals surface area contributed by atoms with E-state index < -0.39 is 5.95 Å². The molecule has 0 unspecified atom stereocenters. The zero-order chi connectivity index (χ0) is 19.0. The lowest BCUT2D eigenvalue weighted by Gasteiger charge is -2.19. The third-order valence-corrected chi connectivity index (χ3v) is 5.35. The highest BCUT2D eigenvalue weighted by Crippen LogP contribution is 2.28. The van der Waals surface area contributed by atoms with Crippen LogP contribution < -0.4 is 10.1 Å². The van der Waals surface area contributed by atoms with Crippen LogP contribution in [0.25, 0.3) is 5.65 Å². The van der Waals surface area contributed by atoms with Crippen LogP contribution in [-0.4, -0.2) is 54.5 Å². The van der Waals surface area contributed by atoms with Gasteiger partial charge in [-0.05, 0) is 23.4 Å². The van der Waals surface area contributed by atoms with Crippen molar-refractivity contribution in [2.24, 2.45) is 0 Å². The van der Waals surface area contributed by atoms with Crippen LogP contribution in [0.15, 0.2) is 18.2 Å². The minimum Gasteiger partial charge on any atom is -0.473 e. The molecule has 1 amide bonds. The molecule has 11 heteroatoms. The van der Waals surface area contributed by atoms with E-state index in [2.05, 4.69) is 37.6 Å². The summed E-state index contributed by atoms with van der Waals surface area (Å²) >= 11 is 1.15. The van der Waals surface area contributed by atoms with Gasteiger partial charge >= 0.3 is 0 Å². The molecular weight excluding hydrogens is 373 g/mol. The van der Waals surface area contributed by atoms with E-state index >= 15 is 0 Å². The van der Waals surface area contributed by atoms with E-state index in [1.54, 1.807) is 10.6 Å². The van der Waals surface area contributed by atoms with E-state index in [1.165, 1.54) is 6.92 Å². The van der Waals surface area contributed by atoms with E-state index in [-0.39, 0.29) is 23.2 Å². The Hall–Kier alpha value is -2.66. The quantitative estimate of drug-likeness (QED) is 0.707. The van der Waals surface area contributed by atoms with Gasteiger partial charge in [-0.25, -0.2) is 0 Å². The lowest BCUT2D eigenvalue weighted by Crippen LogP contribution is -2.28. The molecule has 1 saturated heterocycles. The summed E-state index contributed by atoms with van der Waals surface area (Å²) in [6.45, 7) is 4.51. The Morgan fingerprint density at radius 3 is 3.15 bits per heavy atom. The molecule has 0 aliphatic carbocycles. The molecule has 1 aliphatic heterocycles. The van der Waals surface area contributed by atoms with Gasteiger partial charge < -0.3 is 10.1 Å². The van der Waals surface area contributed by atoms with Crippen molar-refractivity contribution < 1.29 is 13.9 Å². The summed E-state index contributed by atoms with van der Waals surface area (Å²) in [5.41, 5.74) is 0.618. The molecule has 4 rings (SSSR count). The van der Waals surface area contributed by atoms with E-state index in [4.69, 9.17) is 4.74 Å². The van der Waals surface area contributed by atoms with Crippen molar-refractivity contribution in [1.29, 1.82) is 0 Å². The highest BCUT2D eigenvalue weighted by Gasteiger charge is 2.32. The number of anilines is 1. The summed E-state index contributed by atoms with van der Waals surface area (Å²) in [7, 11) is 0. The Morgan fingerprint density at radius 2 is 2.33 bits per heavy atom. The molecule has 0 aromatic carbocycles. The first kappa shape index (κ1) is 17.7. The molecular formula is C16H18FN7O2S. The van der Waals surface area contributed by atoms with Gasteiger partial charge in [0.25, 0.3) is 0 Å². The number of likely N-dealkylation sites (tertiary alicyclic amines) is 1. The number of rotatable bonds is 5. The Kier molecular flexibility index (Phi) is 4.70. The van der Waals surface area contributed by atoms with Gasteiger partial charge in [0.15, 0.2) is 10.8 Å². The fraction of sp³-hybridized carbons (Fsp3) is 0.438. The summed E-state index contributed by atoms with van der Waals surface area (Å²) in [6, 6.07) is 5.68. The van der Waals surface area contributed by atoms with Crippen molar-refractivity contribution in [3.63, 3.8) is 0 Å². The standard InChI is InChI=1S/C16H18FN7O2S/c1-9-6-11(26-14-5-3-4-13-20-21-22-24(13)14)7-23(9)8-12-15(17)19-16(27-12)18-10(2)25/h3-5,9,11H,6-8H2,1-2H3,(H,18,19,25)/t9-,11+/m0/s1. The summed E-state index contributed by atoms with van der Waals surface area (Å²) in [6.07, 6.45) is 0.748. The fourth-order valence-electron chi connectivity index (χ4n) is 3.17. The molecule has 0 bridgehead atoms. The number of carbonyl (C=O) groups is 1. The summed E-state index contributed by atoms with van der Waals surface area (Å²) < 4.78 is 21.7. The zero-order valence-electron chi connectivity index (χ0n) is 14.8. The third kappa shape index (κ3) is 3.74. The monoisotopic (exact) mass is 391 g/mol. The molecule has 0 saturated carbocycles. The van der Waals surface area contributed by atoms with Crippen molar-refractivity contribution in [2.45, 2.75) is 39.0 Å². The van der Waals surface area contributed by atoms with Crippen molar-refractivity contribution >= 4 is 28.0 Å². The normalized spacial score (nSPS) is 20.3. The van der Waals surface area contributed by atoms with Crippen molar-refractivity contribution in [1.82, 2.24) is 29.9 Å². The number of pyridine rings is 1. The van der Waals surface area contributed by atoms with Gasteiger partial charge in [-0.2, -0.15) is 13.9 Å². The van der Waals surface area contributed by atoms with Crippen LogP contribution in [0.3, 0.4) is 0 Å². The number of tetrazole rings is 1. The average Bonchev–Trinajstić information content (AvgIpc) is 3.29. The Labute approximate surface area is 158 Å². The first-order chi connectivity index (χ1) is 13.0. The topological polar surface area (TPSA) is 97.5 Å². The smallest absolute Gasteiger partial charge is 0.230 e. The number of ether oxygens (including phenoxy) is 1. The first-order valence-corrected chi connectivity index (χ1v) is 9.32. The maximum Gasteiger partial charge on any atom is 0.230 e. The number of thiazole rings is 1. The molecule has 4 heterocycles. The van der Waals surface area contributed by atoms with Crippen molar-refractivity contribution in [3.8, 4) is 5.88 Å². The second-order valence-corrected chi connectivity index (χ2v) is 7.56. The lowest BCUT2D eigenvalue weighted by molar-refractivity contribution is -0.114. The number of amides is 1. The maximum absolute atomic E-state index is 14.1. The van der Waals surface area contributed by atoms with Crippen molar-refractivity contribution in [3.05, 3.63) is 29.0 Å². The molecule has 1 aliphatic rings. The predicted molar refractivity (Wildman–Crippen MR) is 96.1 cm³/mol. The van der Waals surface area contributed by atoms with Crippen LogP contribution in [0.1, 0.15) is 25.1 Å². The Balaban J connectivity index is 1.43. The van der Waals surface area contributed by atoms with E-state index in [9.17, 15) is 9.18 Å². The lowest BCUT2D eigenvalue weighted by atomic mass is 10.2. The SMILES string of the molecule is CC(=O)Nc1nc(F)c(CN2C[C@H](Oc3cccc4nnnn34)C[C@@H]2C)s1. The van der Waals surface area contributed by atoms with Crippen LogP contribution in [0, 0.1) is 5.95 Å². The molecule has 1 N–H and O–H groups in total. The number of nitrogens with zero attached hydrogens (tertiary/aromatic N) is 6. The highest BCUT2D eigenvalue weighted by atomic mass is 32.1. The second-order valence-electron chi connectivity index (χ2n) is 6.48. The number of aromatic nitrogens is 5. The van der Waals surface area contributed by atoms with Gasteiger partial charge in [0.05, 0.1) is 4.88 Å². The average molecular weight is 391 g/mol. The fourth-order valence-corrected chi connectivity index (χ4v) is 4.09. The summed E-state index contributed by atoms with van der Waals surface area (Å²) in [4.78, 5) is 17.5. The molecule has 1 fully saturated rings. The van der Waals surface area contributed by atoms with Crippen LogP contribution in [-0.2, 0) is 11.3 Å². The summed E-state index contributed by atoms with van der Waals surface area (Å²) in [5, 5.41) is 14.3. The largest absolute Gasteiger partial charge is 0.473 e. The summed E-state index contributed by atoms with van der Waals surface area (Å²) in [5.74, 6) is -0.234. The molecule has 3 aromatic heterocycles. The number of halogens is 1. The molecule has 0 spiro atoms. The molecule has 0 radical (unpaired) electrons. The van der Waals surface area contributed by atoms with Crippen LogP contribution in [0.2, 0.25) is 0 Å². The van der Waals surface area contributed by atoms with Gasteiger partial charge in [-0.15, -0.1) is 5.10 Å². The Morgan fingerprint density at radius 1 is 1.48 bits per heavy atom. The van der Waals surface area contributed by atoms with Crippen LogP contribution in [0.4, 0.5) is 9.52 Å². The Bertz CT molecular complexity index is 975. The molecule has 142 valence electrons. The van der Waals surface area contributed by atoms with Gasteiger partial charge in [0.1, 0.15) is 6.10 Å². The van der Waals surface area contributed by atoms with Crippen molar-refractivity contribution in [2.75, 3.05) is 11.9 Å². The highest BCUT2D eigenvalue weighted by molar-refractivity contribution is 7.15. The minimum absolute atomic E-state index is 0.0550. The second kappa shape index (κ2) is 7.16. The van der Waals surface area contributed by atoms with E-state index in [1.807, 2.05) is 12.1 Å². The van der Waals surface area contributed by atoms with Gasteiger partial charge in [0.2, 0.25) is 17.7 Å². The molecule has 27 heavy (non-hydrogen) atoms. The van der Waals surface area contributed by atoms with Crippen LogP contribution >= 0.6 is 11.3 Å². The molecule has 9 nitrogen and oxygen atoms in total. The number of hydrogen-bond donors (Lipinski definition) is 1. The zero-order valence-corrected chi connectivity index (χ0v) is 15.6. The van der Waals surface area contributed by atoms with Crippen LogP contribution in [0.5, 0.6) is 5.88 Å². The number of fused-ring (bicyclic) bond motifs is 1. The number of nitrogens with one attached hydrogen (secondary N) is 1. The predicted octanol–water partition coefficient (Wildman–Crippen LogP) is 1.72. The minimum atomic E-state index is -0.543. The molecule has 2 atom stereocenters. The maximum atomic E-state index is 14.1.